The Labute approximate surface area is 82.5 Å². The van der Waals surface area contributed by atoms with E-state index in [1.54, 1.807) is 12.1 Å². The summed E-state index contributed by atoms with van der Waals surface area (Å²) in [5.74, 6) is 1.77. The lowest BCUT2D eigenvalue weighted by atomic mass is 10.4. The minimum absolute atomic E-state index is 0.342. The van der Waals surface area contributed by atoms with Crippen molar-refractivity contribution in [3.05, 3.63) is 22.6 Å². The molecule has 2 rings (SSSR count). The Balaban J connectivity index is 2.35. The summed E-state index contributed by atoms with van der Waals surface area (Å²) >= 11 is 3.20. The van der Waals surface area contributed by atoms with Crippen LogP contribution in [0.1, 0.15) is 5.82 Å². The molecule has 6 heteroatoms. The molecule has 2 aromatic heterocycles. The van der Waals surface area contributed by atoms with Crippen LogP contribution in [0.5, 0.6) is 0 Å². The highest BCUT2D eigenvalue weighted by atomic mass is 79.9. The van der Waals surface area contributed by atoms with E-state index in [-0.39, 0.29) is 0 Å². The van der Waals surface area contributed by atoms with Crippen LogP contribution in [0.15, 0.2) is 21.2 Å². The molecule has 0 radical (unpaired) electrons. The van der Waals surface area contributed by atoms with Crippen LogP contribution in [0.3, 0.4) is 0 Å². The van der Waals surface area contributed by atoms with Gasteiger partial charge in [-0.15, -0.1) is 5.10 Å². The van der Waals surface area contributed by atoms with Gasteiger partial charge in [0.2, 0.25) is 5.82 Å². The van der Waals surface area contributed by atoms with Gasteiger partial charge < -0.3 is 10.2 Å². The van der Waals surface area contributed by atoms with Gasteiger partial charge in [0.25, 0.3) is 0 Å². The van der Waals surface area contributed by atoms with E-state index in [9.17, 15) is 0 Å². The molecule has 0 atom stereocenters. The predicted octanol–water partition coefficient (Wildman–Crippen LogP) is 1.29. The van der Waals surface area contributed by atoms with Crippen LogP contribution >= 0.6 is 15.9 Å². The third-order valence-electron chi connectivity index (χ3n) is 1.52. The van der Waals surface area contributed by atoms with Gasteiger partial charge in [0.1, 0.15) is 5.82 Å². The maximum absolute atomic E-state index is 5.37. The molecule has 0 aliphatic carbocycles. The molecule has 0 amide bonds. The lowest BCUT2D eigenvalue weighted by Crippen LogP contribution is -1.97. The molecular formula is C7H7BrN4O. The van der Waals surface area contributed by atoms with Crippen molar-refractivity contribution in [3.63, 3.8) is 0 Å². The van der Waals surface area contributed by atoms with Crippen LogP contribution in [0, 0.1) is 0 Å². The number of rotatable bonds is 2. The molecule has 0 unspecified atom stereocenters. The number of aromatic amines is 1. The molecule has 0 saturated heterocycles. The average molecular weight is 243 g/mol. The summed E-state index contributed by atoms with van der Waals surface area (Å²) in [5, 5.41) is 6.64. The number of H-pyrrole nitrogens is 1. The molecular weight excluding hydrogens is 236 g/mol. The number of furan rings is 1. The Morgan fingerprint density at radius 3 is 2.92 bits per heavy atom. The van der Waals surface area contributed by atoms with Gasteiger partial charge in [-0.25, -0.2) is 4.98 Å². The summed E-state index contributed by atoms with van der Waals surface area (Å²) in [4.78, 5) is 4.11. The first-order valence-corrected chi connectivity index (χ1v) is 4.46. The van der Waals surface area contributed by atoms with Crippen molar-refractivity contribution >= 4 is 15.9 Å². The topological polar surface area (TPSA) is 80.7 Å². The van der Waals surface area contributed by atoms with Crippen LogP contribution in [0.25, 0.3) is 11.6 Å². The molecule has 2 aromatic rings. The highest BCUT2D eigenvalue weighted by Crippen LogP contribution is 2.21. The van der Waals surface area contributed by atoms with Crippen LogP contribution in [0.2, 0.25) is 0 Å². The molecule has 68 valence electrons. The number of nitrogens with zero attached hydrogens (tertiary/aromatic N) is 2. The van der Waals surface area contributed by atoms with Gasteiger partial charge in [0, 0.05) is 0 Å². The summed E-state index contributed by atoms with van der Waals surface area (Å²) < 4.78 is 5.91. The highest BCUT2D eigenvalue weighted by molar-refractivity contribution is 9.10. The van der Waals surface area contributed by atoms with Gasteiger partial charge in [0.05, 0.1) is 6.54 Å². The summed E-state index contributed by atoms with van der Waals surface area (Å²) in [6.45, 7) is 0.342. The number of halogens is 1. The number of nitrogens with two attached hydrogens (primary N) is 1. The molecule has 0 aromatic carbocycles. The highest BCUT2D eigenvalue weighted by Gasteiger charge is 2.08. The Kier molecular flexibility index (Phi) is 2.15. The van der Waals surface area contributed by atoms with Crippen molar-refractivity contribution in [2.24, 2.45) is 5.73 Å². The summed E-state index contributed by atoms with van der Waals surface area (Å²) in [7, 11) is 0. The van der Waals surface area contributed by atoms with E-state index in [1.807, 2.05) is 0 Å². The SMILES string of the molecule is NCc1nc(-c2ccc(Br)o2)n[nH]1. The standard InChI is InChI=1S/C7H7BrN4O/c8-5-2-1-4(13-5)7-10-6(3-9)11-12-7/h1-2H,3,9H2,(H,10,11,12). The van der Waals surface area contributed by atoms with Crippen LogP contribution in [0.4, 0.5) is 0 Å². The lowest BCUT2D eigenvalue weighted by Gasteiger charge is -1.85. The van der Waals surface area contributed by atoms with E-state index in [0.717, 1.165) is 0 Å². The third-order valence-corrected chi connectivity index (χ3v) is 1.94. The second-order valence-electron chi connectivity index (χ2n) is 2.41. The van der Waals surface area contributed by atoms with E-state index in [1.165, 1.54) is 0 Å². The van der Waals surface area contributed by atoms with E-state index in [4.69, 9.17) is 10.2 Å². The molecule has 2 heterocycles. The summed E-state index contributed by atoms with van der Waals surface area (Å²) in [6, 6.07) is 3.57. The van der Waals surface area contributed by atoms with E-state index in [0.29, 0.717) is 28.6 Å². The minimum atomic E-state index is 0.342. The normalized spacial score (nSPS) is 10.6. The fourth-order valence-electron chi connectivity index (χ4n) is 0.931. The predicted molar refractivity (Wildman–Crippen MR) is 49.7 cm³/mol. The second kappa shape index (κ2) is 3.31. The van der Waals surface area contributed by atoms with Crippen LogP contribution < -0.4 is 5.73 Å². The van der Waals surface area contributed by atoms with Gasteiger partial charge in [-0.3, -0.25) is 5.10 Å². The lowest BCUT2D eigenvalue weighted by molar-refractivity contribution is 0.551. The molecule has 3 N–H and O–H groups in total. The Morgan fingerprint density at radius 2 is 2.38 bits per heavy atom. The van der Waals surface area contributed by atoms with Crippen molar-refractivity contribution in [2.75, 3.05) is 0 Å². The Hall–Kier alpha value is -1.14. The molecule has 0 spiro atoms. The van der Waals surface area contributed by atoms with Gasteiger partial charge in [0.15, 0.2) is 10.4 Å². The van der Waals surface area contributed by atoms with Gasteiger partial charge in [-0.1, -0.05) is 0 Å². The van der Waals surface area contributed by atoms with Crippen LogP contribution in [-0.2, 0) is 6.54 Å². The zero-order chi connectivity index (χ0) is 9.26. The van der Waals surface area contributed by atoms with Crippen LogP contribution in [-0.4, -0.2) is 15.2 Å². The Bertz CT molecular complexity index is 408. The van der Waals surface area contributed by atoms with E-state index in [2.05, 4.69) is 31.1 Å². The molecule has 5 nitrogen and oxygen atoms in total. The smallest absolute Gasteiger partial charge is 0.217 e. The van der Waals surface area contributed by atoms with Gasteiger partial charge in [-0.05, 0) is 28.1 Å². The van der Waals surface area contributed by atoms with Crippen molar-refractivity contribution in [2.45, 2.75) is 6.54 Å². The fourth-order valence-corrected chi connectivity index (χ4v) is 1.24. The second-order valence-corrected chi connectivity index (χ2v) is 3.20. The largest absolute Gasteiger partial charge is 0.446 e. The molecule has 0 aliphatic heterocycles. The molecule has 0 fully saturated rings. The molecule has 13 heavy (non-hydrogen) atoms. The van der Waals surface area contributed by atoms with Crippen molar-refractivity contribution in [3.8, 4) is 11.6 Å². The van der Waals surface area contributed by atoms with Gasteiger partial charge >= 0.3 is 0 Å². The van der Waals surface area contributed by atoms with Crippen molar-refractivity contribution in [1.29, 1.82) is 0 Å². The minimum Gasteiger partial charge on any atom is -0.446 e. The fraction of sp³-hybridized carbons (Fsp3) is 0.143. The first-order valence-electron chi connectivity index (χ1n) is 3.66. The molecule has 0 bridgehead atoms. The van der Waals surface area contributed by atoms with Crippen molar-refractivity contribution in [1.82, 2.24) is 15.2 Å². The number of hydrogen-bond acceptors (Lipinski definition) is 4. The monoisotopic (exact) mass is 242 g/mol. The zero-order valence-corrected chi connectivity index (χ0v) is 8.21. The number of aromatic nitrogens is 3. The van der Waals surface area contributed by atoms with Crippen molar-refractivity contribution < 1.29 is 4.42 Å². The zero-order valence-electron chi connectivity index (χ0n) is 6.62. The Morgan fingerprint density at radius 1 is 1.54 bits per heavy atom. The number of hydrogen-bond donors (Lipinski definition) is 2. The summed E-state index contributed by atoms with van der Waals surface area (Å²) in [5.41, 5.74) is 5.37. The van der Waals surface area contributed by atoms with E-state index < -0.39 is 0 Å². The average Bonchev–Trinajstić information content (AvgIpc) is 2.71. The third kappa shape index (κ3) is 1.63. The molecule has 0 saturated carbocycles. The molecule has 0 aliphatic rings. The van der Waals surface area contributed by atoms with Gasteiger partial charge in [-0.2, -0.15) is 0 Å². The first-order chi connectivity index (χ1) is 6.29. The maximum Gasteiger partial charge on any atom is 0.217 e. The number of nitrogens with one attached hydrogen (secondary N) is 1. The summed E-state index contributed by atoms with van der Waals surface area (Å²) in [6.07, 6.45) is 0. The van der Waals surface area contributed by atoms with E-state index >= 15 is 0 Å². The quantitative estimate of drug-likeness (QED) is 0.832. The first kappa shape index (κ1) is 8.46. The maximum atomic E-state index is 5.37.